The monoisotopic (exact) mass is 262 g/mol. The molecule has 2 unspecified atom stereocenters. The minimum Gasteiger partial charge on any atom is -0.355 e. The number of hydrogen-bond donors (Lipinski definition) is 2. The van der Waals surface area contributed by atoms with Crippen LogP contribution in [0, 0.1) is 0 Å². The molecule has 0 heterocycles. The molecular weight excluding hydrogens is 236 g/mol. The van der Waals surface area contributed by atoms with Crippen LogP contribution in [0.3, 0.4) is 0 Å². The van der Waals surface area contributed by atoms with Crippen molar-refractivity contribution >= 4 is 5.91 Å². The van der Waals surface area contributed by atoms with Crippen molar-refractivity contribution < 1.29 is 4.79 Å². The summed E-state index contributed by atoms with van der Waals surface area (Å²) in [5.74, 6) is 0.380. The molecule has 0 aliphatic heterocycles. The first-order valence-corrected chi connectivity index (χ1v) is 7.09. The molecule has 0 bridgehead atoms. The molecular formula is C16H26N2O. The SMILES string of the molecule is CCc1ccc(C(C)CC(=O)NCC(C)NC)cc1. The molecule has 0 saturated heterocycles. The zero-order chi connectivity index (χ0) is 14.3. The summed E-state index contributed by atoms with van der Waals surface area (Å²) in [6, 6.07) is 8.86. The van der Waals surface area contributed by atoms with Crippen molar-refractivity contribution in [1.82, 2.24) is 10.6 Å². The number of nitrogens with one attached hydrogen (secondary N) is 2. The first kappa shape index (κ1) is 15.7. The molecule has 0 aliphatic rings. The first-order valence-electron chi connectivity index (χ1n) is 7.09. The van der Waals surface area contributed by atoms with Crippen molar-refractivity contribution in [3.63, 3.8) is 0 Å². The van der Waals surface area contributed by atoms with Gasteiger partial charge in [0.15, 0.2) is 0 Å². The predicted molar refractivity (Wildman–Crippen MR) is 80.4 cm³/mol. The molecule has 1 aromatic rings. The van der Waals surface area contributed by atoms with E-state index in [-0.39, 0.29) is 11.8 Å². The molecule has 0 fully saturated rings. The lowest BCUT2D eigenvalue weighted by atomic mass is 9.96. The fourth-order valence-electron chi connectivity index (χ4n) is 1.92. The topological polar surface area (TPSA) is 41.1 Å². The van der Waals surface area contributed by atoms with E-state index in [0.717, 1.165) is 6.42 Å². The van der Waals surface area contributed by atoms with Crippen LogP contribution in [0.25, 0.3) is 0 Å². The zero-order valence-electron chi connectivity index (χ0n) is 12.5. The Morgan fingerprint density at radius 1 is 1.21 bits per heavy atom. The highest BCUT2D eigenvalue weighted by molar-refractivity contribution is 5.76. The molecule has 106 valence electrons. The molecule has 0 aromatic heterocycles. The van der Waals surface area contributed by atoms with Gasteiger partial charge in [-0.25, -0.2) is 0 Å². The standard InChI is InChI=1S/C16H26N2O/c1-5-14-6-8-15(9-7-14)12(2)10-16(19)18-11-13(3)17-4/h6-9,12-13,17H,5,10-11H2,1-4H3,(H,18,19). The Hall–Kier alpha value is -1.35. The van der Waals surface area contributed by atoms with Gasteiger partial charge < -0.3 is 10.6 Å². The van der Waals surface area contributed by atoms with E-state index in [9.17, 15) is 4.79 Å². The molecule has 0 aliphatic carbocycles. The van der Waals surface area contributed by atoms with Gasteiger partial charge in [-0.05, 0) is 37.4 Å². The Bertz CT molecular complexity index is 386. The Balaban J connectivity index is 2.44. The Morgan fingerprint density at radius 3 is 2.37 bits per heavy atom. The molecule has 2 atom stereocenters. The van der Waals surface area contributed by atoms with Crippen LogP contribution in [0.4, 0.5) is 0 Å². The lowest BCUT2D eigenvalue weighted by Gasteiger charge is -2.15. The van der Waals surface area contributed by atoms with Gasteiger partial charge in [0.2, 0.25) is 5.91 Å². The molecule has 3 heteroatoms. The summed E-state index contributed by atoms with van der Waals surface area (Å²) in [7, 11) is 1.90. The number of aryl methyl sites for hydroxylation is 1. The minimum absolute atomic E-state index is 0.120. The molecule has 0 spiro atoms. The largest absolute Gasteiger partial charge is 0.355 e. The maximum Gasteiger partial charge on any atom is 0.220 e. The Labute approximate surface area is 116 Å². The minimum atomic E-state index is 0.120. The average Bonchev–Trinajstić information content (AvgIpc) is 2.44. The number of likely N-dealkylation sites (N-methyl/N-ethyl adjacent to an activating group) is 1. The number of carbonyl (C=O) groups excluding carboxylic acids is 1. The lowest BCUT2D eigenvalue weighted by molar-refractivity contribution is -0.121. The second-order valence-electron chi connectivity index (χ2n) is 5.19. The summed E-state index contributed by atoms with van der Waals surface area (Å²) in [5.41, 5.74) is 2.57. The molecule has 1 amide bonds. The highest BCUT2D eigenvalue weighted by Crippen LogP contribution is 2.19. The molecule has 0 radical (unpaired) electrons. The smallest absolute Gasteiger partial charge is 0.220 e. The summed E-state index contributed by atoms with van der Waals surface area (Å²) in [6.07, 6.45) is 1.60. The molecule has 0 saturated carbocycles. The second-order valence-corrected chi connectivity index (χ2v) is 5.19. The van der Waals surface area contributed by atoms with E-state index >= 15 is 0 Å². The molecule has 3 nitrogen and oxygen atoms in total. The van der Waals surface area contributed by atoms with E-state index in [1.807, 2.05) is 14.0 Å². The van der Waals surface area contributed by atoms with Crippen molar-refractivity contribution in [3.05, 3.63) is 35.4 Å². The Morgan fingerprint density at radius 2 is 1.84 bits per heavy atom. The van der Waals surface area contributed by atoms with Gasteiger partial charge in [-0.2, -0.15) is 0 Å². The van der Waals surface area contributed by atoms with Crippen LogP contribution >= 0.6 is 0 Å². The van der Waals surface area contributed by atoms with Gasteiger partial charge in [0.25, 0.3) is 0 Å². The van der Waals surface area contributed by atoms with Crippen LogP contribution in [-0.4, -0.2) is 25.5 Å². The third kappa shape index (κ3) is 5.43. The van der Waals surface area contributed by atoms with Crippen LogP contribution < -0.4 is 10.6 Å². The summed E-state index contributed by atoms with van der Waals surface area (Å²) < 4.78 is 0. The van der Waals surface area contributed by atoms with E-state index in [4.69, 9.17) is 0 Å². The highest BCUT2D eigenvalue weighted by Gasteiger charge is 2.11. The van der Waals surface area contributed by atoms with Crippen LogP contribution in [0.15, 0.2) is 24.3 Å². The van der Waals surface area contributed by atoms with Gasteiger partial charge in [-0.15, -0.1) is 0 Å². The summed E-state index contributed by atoms with van der Waals surface area (Å²) in [6.45, 7) is 6.97. The molecule has 2 N–H and O–H groups in total. The number of hydrogen-bond acceptors (Lipinski definition) is 2. The first-order chi connectivity index (χ1) is 9.06. The van der Waals surface area contributed by atoms with Gasteiger partial charge in [-0.1, -0.05) is 38.1 Å². The van der Waals surface area contributed by atoms with Gasteiger partial charge in [0, 0.05) is 19.0 Å². The fraction of sp³-hybridized carbons (Fsp3) is 0.562. The van der Waals surface area contributed by atoms with Gasteiger partial charge >= 0.3 is 0 Å². The summed E-state index contributed by atoms with van der Waals surface area (Å²) in [4.78, 5) is 11.8. The van der Waals surface area contributed by atoms with Crippen molar-refractivity contribution in [2.45, 2.75) is 45.6 Å². The van der Waals surface area contributed by atoms with Crippen molar-refractivity contribution in [2.24, 2.45) is 0 Å². The normalized spacial score (nSPS) is 13.9. The van der Waals surface area contributed by atoms with Gasteiger partial charge in [0.05, 0.1) is 0 Å². The summed E-state index contributed by atoms with van der Waals surface area (Å²) in [5, 5.41) is 6.06. The molecule has 1 rings (SSSR count). The van der Waals surface area contributed by atoms with E-state index in [0.29, 0.717) is 19.0 Å². The van der Waals surface area contributed by atoms with Crippen molar-refractivity contribution in [1.29, 1.82) is 0 Å². The summed E-state index contributed by atoms with van der Waals surface area (Å²) >= 11 is 0. The number of benzene rings is 1. The average molecular weight is 262 g/mol. The zero-order valence-corrected chi connectivity index (χ0v) is 12.5. The Kier molecular flexibility index (Phi) is 6.57. The van der Waals surface area contributed by atoms with Gasteiger partial charge in [0.1, 0.15) is 0 Å². The maximum absolute atomic E-state index is 11.8. The maximum atomic E-state index is 11.8. The molecule has 19 heavy (non-hydrogen) atoms. The van der Waals surface area contributed by atoms with Gasteiger partial charge in [-0.3, -0.25) is 4.79 Å². The van der Waals surface area contributed by atoms with E-state index in [1.165, 1.54) is 11.1 Å². The second kappa shape index (κ2) is 7.95. The van der Waals surface area contributed by atoms with Crippen LogP contribution in [0.5, 0.6) is 0 Å². The number of rotatable bonds is 7. The fourth-order valence-corrected chi connectivity index (χ4v) is 1.92. The molecule has 1 aromatic carbocycles. The third-order valence-electron chi connectivity index (χ3n) is 3.55. The van der Waals surface area contributed by atoms with Crippen LogP contribution in [-0.2, 0) is 11.2 Å². The number of carbonyl (C=O) groups is 1. The van der Waals surface area contributed by atoms with Crippen LogP contribution in [0.2, 0.25) is 0 Å². The number of amides is 1. The van der Waals surface area contributed by atoms with E-state index in [1.54, 1.807) is 0 Å². The quantitative estimate of drug-likeness (QED) is 0.792. The van der Waals surface area contributed by atoms with Crippen LogP contribution in [0.1, 0.15) is 44.2 Å². The van der Waals surface area contributed by atoms with E-state index in [2.05, 4.69) is 48.7 Å². The third-order valence-corrected chi connectivity index (χ3v) is 3.55. The lowest BCUT2D eigenvalue weighted by Crippen LogP contribution is -2.37. The highest BCUT2D eigenvalue weighted by atomic mass is 16.1. The predicted octanol–water partition coefficient (Wildman–Crippen LogP) is 2.47. The van der Waals surface area contributed by atoms with Crippen molar-refractivity contribution in [3.8, 4) is 0 Å². The van der Waals surface area contributed by atoms with E-state index < -0.39 is 0 Å². The van der Waals surface area contributed by atoms with Crippen molar-refractivity contribution in [2.75, 3.05) is 13.6 Å².